The molecule has 0 bridgehead atoms. The number of carbonyl (C=O) groups excluding carboxylic acids is 1. The van der Waals surface area contributed by atoms with E-state index in [9.17, 15) is 4.79 Å². The lowest BCUT2D eigenvalue weighted by atomic mass is 10.1. The van der Waals surface area contributed by atoms with Gasteiger partial charge in [-0.05, 0) is 52.2 Å². The molecule has 1 atom stereocenters. The Morgan fingerprint density at radius 2 is 2.11 bits per heavy atom. The van der Waals surface area contributed by atoms with Crippen molar-refractivity contribution >= 4 is 17.1 Å². The molecule has 0 aliphatic carbocycles. The zero-order valence-corrected chi connectivity index (χ0v) is 15.7. The number of rotatable bonds is 4. The highest BCUT2D eigenvalue weighted by molar-refractivity contribution is 6.04. The van der Waals surface area contributed by atoms with Crippen LogP contribution in [-0.2, 0) is 9.47 Å². The van der Waals surface area contributed by atoms with Crippen LogP contribution in [0, 0.1) is 20.8 Å². The number of ether oxygens (including phenoxy) is 2. The molecule has 7 heteroatoms. The number of nitrogens with zero attached hydrogens (tertiary/aromatic N) is 2. The van der Waals surface area contributed by atoms with E-state index >= 15 is 0 Å². The number of hydrogen-bond acceptors (Lipinski definition) is 7. The number of carbonyl (C=O) groups is 1. The highest BCUT2D eigenvalue weighted by Gasteiger charge is 2.23. The maximum Gasteiger partial charge on any atom is 0.339 e. The second-order valence-electron chi connectivity index (χ2n) is 6.92. The van der Waals surface area contributed by atoms with Crippen molar-refractivity contribution in [1.82, 2.24) is 10.1 Å². The maximum atomic E-state index is 12.8. The van der Waals surface area contributed by atoms with Gasteiger partial charge in [-0.1, -0.05) is 5.16 Å². The first-order valence-corrected chi connectivity index (χ1v) is 9.16. The van der Waals surface area contributed by atoms with Crippen LogP contribution in [0.15, 0.2) is 21.1 Å². The van der Waals surface area contributed by atoms with Crippen LogP contribution in [0.4, 0.5) is 0 Å². The zero-order chi connectivity index (χ0) is 19.0. The first-order valence-electron chi connectivity index (χ1n) is 9.16. The molecular formula is C20H22N2O5. The van der Waals surface area contributed by atoms with Crippen LogP contribution in [0.3, 0.4) is 0 Å². The SMILES string of the molecule is Cc1cc(-c2cc(C(=O)OCC3CCCCO3)c3c(C)noc3n2)c(C)o1. The Kier molecular flexibility index (Phi) is 4.70. The Balaban J connectivity index is 1.68. The van der Waals surface area contributed by atoms with Gasteiger partial charge in [0, 0.05) is 12.2 Å². The largest absolute Gasteiger partial charge is 0.466 e. The molecule has 1 fully saturated rings. The van der Waals surface area contributed by atoms with Crippen LogP contribution in [0.25, 0.3) is 22.4 Å². The first-order chi connectivity index (χ1) is 13.0. The van der Waals surface area contributed by atoms with E-state index < -0.39 is 5.97 Å². The van der Waals surface area contributed by atoms with Gasteiger partial charge in [-0.3, -0.25) is 0 Å². The minimum atomic E-state index is -0.429. The summed E-state index contributed by atoms with van der Waals surface area (Å²) in [6.45, 7) is 6.47. The summed E-state index contributed by atoms with van der Waals surface area (Å²) in [7, 11) is 0. The fraction of sp³-hybridized carbons (Fsp3) is 0.450. The molecule has 3 aromatic rings. The topological polar surface area (TPSA) is 87.6 Å². The van der Waals surface area contributed by atoms with Gasteiger partial charge in [0.1, 0.15) is 18.1 Å². The molecule has 0 aromatic carbocycles. The molecule has 0 N–H and O–H groups in total. The van der Waals surface area contributed by atoms with Crippen LogP contribution in [-0.4, -0.2) is 35.4 Å². The Labute approximate surface area is 156 Å². The van der Waals surface area contributed by atoms with Crippen LogP contribution in [0.1, 0.15) is 46.8 Å². The van der Waals surface area contributed by atoms with E-state index in [4.69, 9.17) is 18.4 Å². The Morgan fingerprint density at radius 1 is 1.26 bits per heavy atom. The van der Waals surface area contributed by atoms with Crippen molar-refractivity contribution in [2.24, 2.45) is 0 Å². The Hall–Kier alpha value is -2.67. The third-order valence-electron chi connectivity index (χ3n) is 4.83. The summed E-state index contributed by atoms with van der Waals surface area (Å²) in [6, 6.07) is 3.60. The van der Waals surface area contributed by atoms with Crippen molar-refractivity contribution in [2.75, 3.05) is 13.2 Å². The molecule has 1 aliphatic rings. The van der Waals surface area contributed by atoms with E-state index in [1.807, 2.05) is 19.9 Å². The number of aromatic nitrogens is 2. The van der Waals surface area contributed by atoms with Crippen LogP contribution >= 0.6 is 0 Å². The molecule has 1 unspecified atom stereocenters. The summed E-state index contributed by atoms with van der Waals surface area (Å²) in [4.78, 5) is 17.3. The molecule has 0 amide bonds. The fourth-order valence-electron chi connectivity index (χ4n) is 3.46. The molecule has 1 saturated heterocycles. The normalized spacial score (nSPS) is 17.4. The molecule has 4 heterocycles. The smallest absolute Gasteiger partial charge is 0.339 e. The van der Waals surface area contributed by atoms with Crippen molar-refractivity contribution in [1.29, 1.82) is 0 Å². The number of hydrogen-bond donors (Lipinski definition) is 0. The molecule has 0 saturated carbocycles. The molecule has 0 radical (unpaired) electrons. The number of esters is 1. The lowest BCUT2D eigenvalue weighted by Crippen LogP contribution is -2.26. The van der Waals surface area contributed by atoms with Crippen LogP contribution in [0.5, 0.6) is 0 Å². The van der Waals surface area contributed by atoms with Crippen molar-refractivity contribution in [3.05, 3.63) is 34.9 Å². The van der Waals surface area contributed by atoms with Crippen LogP contribution in [0.2, 0.25) is 0 Å². The van der Waals surface area contributed by atoms with Crippen molar-refractivity contribution < 1.29 is 23.2 Å². The zero-order valence-electron chi connectivity index (χ0n) is 15.7. The molecular weight excluding hydrogens is 348 g/mol. The van der Waals surface area contributed by atoms with Gasteiger partial charge in [0.05, 0.1) is 28.4 Å². The lowest BCUT2D eigenvalue weighted by Gasteiger charge is -2.22. The summed E-state index contributed by atoms with van der Waals surface area (Å²) >= 11 is 0. The number of furan rings is 1. The summed E-state index contributed by atoms with van der Waals surface area (Å²) in [5.74, 6) is 1.07. The Bertz CT molecular complexity index is 982. The highest BCUT2D eigenvalue weighted by Crippen LogP contribution is 2.30. The molecule has 4 rings (SSSR count). The second-order valence-corrected chi connectivity index (χ2v) is 6.92. The van der Waals surface area contributed by atoms with Gasteiger partial charge in [0.15, 0.2) is 0 Å². The summed E-state index contributed by atoms with van der Waals surface area (Å²) in [5, 5.41) is 4.53. The fourth-order valence-corrected chi connectivity index (χ4v) is 3.46. The van der Waals surface area contributed by atoms with E-state index in [1.54, 1.807) is 13.0 Å². The maximum absolute atomic E-state index is 12.8. The van der Waals surface area contributed by atoms with Gasteiger partial charge in [0.2, 0.25) is 0 Å². The minimum absolute atomic E-state index is 0.0400. The Morgan fingerprint density at radius 3 is 2.81 bits per heavy atom. The number of pyridine rings is 1. The number of fused-ring (bicyclic) bond motifs is 1. The quantitative estimate of drug-likeness (QED) is 0.638. The summed E-state index contributed by atoms with van der Waals surface area (Å²) in [5.41, 5.74) is 2.71. The van der Waals surface area contributed by atoms with E-state index in [-0.39, 0.29) is 12.7 Å². The molecule has 3 aromatic heterocycles. The standard InChI is InChI=1S/C20H22N2O5/c1-11-8-15(13(3)26-11)17-9-16(18-12(2)22-27-19(18)21-17)20(23)25-10-14-6-4-5-7-24-14/h8-9,14H,4-7,10H2,1-3H3. The van der Waals surface area contributed by atoms with Crippen LogP contribution < -0.4 is 0 Å². The minimum Gasteiger partial charge on any atom is -0.466 e. The molecule has 7 nitrogen and oxygen atoms in total. The van der Waals surface area contributed by atoms with Crippen molar-refractivity contribution in [2.45, 2.75) is 46.1 Å². The third-order valence-corrected chi connectivity index (χ3v) is 4.83. The van der Waals surface area contributed by atoms with Gasteiger partial charge in [-0.25, -0.2) is 9.78 Å². The van der Waals surface area contributed by atoms with Crippen molar-refractivity contribution in [3.8, 4) is 11.3 Å². The monoisotopic (exact) mass is 370 g/mol. The summed E-state index contributed by atoms with van der Waals surface area (Å²) < 4.78 is 22.1. The van der Waals surface area contributed by atoms with Gasteiger partial charge in [0.25, 0.3) is 5.71 Å². The predicted molar refractivity (Wildman–Crippen MR) is 97.6 cm³/mol. The first kappa shape index (κ1) is 17.7. The van der Waals surface area contributed by atoms with Gasteiger partial charge in [-0.15, -0.1) is 0 Å². The highest BCUT2D eigenvalue weighted by atomic mass is 16.6. The van der Waals surface area contributed by atoms with Gasteiger partial charge in [-0.2, -0.15) is 0 Å². The molecule has 27 heavy (non-hydrogen) atoms. The van der Waals surface area contributed by atoms with E-state index in [2.05, 4.69) is 10.1 Å². The molecule has 0 spiro atoms. The molecule has 142 valence electrons. The van der Waals surface area contributed by atoms with Gasteiger partial charge < -0.3 is 18.4 Å². The average Bonchev–Trinajstić information content (AvgIpc) is 3.21. The summed E-state index contributed by atoms with van der Waals surface area (Å²) in [6.07, 6.45) is 3.02. The third kappa shape index (κ3) is 3.47. The molecule has 1 aliphatic heterocycles. The van der Waals surface area contributed by atoms with Crippen molar-refractivity contribution in [3.63, 3.8) is 0 Å². The van der Waals surface area contributed by atoms with E-state index in [0.717, 1.165) is 43.0 Å². The average molecular weight is 370 g/mol. The predicted octanol–water partition coefficient (Wildman–Crippen LogP) is 4.13. The lowest BCUT2D eigenvalue weighted by molar-refractivity contribution is -0.0299. The second kappa shape index (κ2) is 7.15. The number of aryl methyl sites for hydroxylation is 3. The van der Waals surface area contributed by atoms with E-state index in [0.29, 0.717) is 28.1 Å². The van der Waals surface area contributed by atoms with Gasteiger partial charge >= 0.3 is 5.97 Å². The van der Waals surface area contributed by atoms with E-state index in [1.165, 1.54) is 0 Å².